The van der Waals surface area contributed by atoms with Crippen LogP contribution in [0, 0.1) is 23.7 Å². The molecule has 0 saturated heterocycles. The molecule has 0 aromatic rings. The van der Waals surface area contributed by atoms with Crippen LogP contribution in [0.2, 0.25) is 0 Å². The summed E-state index contributed by atoms with van der Waals surface area (Å²) in [5, 5.41) is 0. The molecule has 0 heterocycles. The maximum Gasteiger partial charge on any atom is -0.0180 e. The smallest absolute Gasteiger partial charge is 0.0180 e. The van der Waals surface area contributed by atoms with Gasteiger partial charge in [-0.25, -0.2) is 0 Å². The number of allylic oxidation sites excluding steroid dienone is 1. The molecular formula is C15H28. The van der Waals surface area contributed by atoms with E-state index in [0.29, 0.717) is 0 Å². The molecule has 0 N–H and O–H groups in total. The van der Waals surface area contributed by atoms with Crippen LogP contribution in [0.15, 0.2) is 12.2 Å². The van der Waals surface area contributed by atoms with E-state index in [1.807, 2.05) is 0 Å². The van der Waals surface area contributed by atoms with Gasteiger partial charge in [-0.2, -0.15) is 0 Å². The Balaban J connectivity index is 2.38. The molecule has 0 amide bonds. The highest BCUT2D eigenvalue weighted by atomic mass is 14.3. The van der Waals surface area contributed by atoms with Crippen molar-refractivity contribution < 1.29 is 0 Å². The first-order valence-electron chi connectivity index (χ1n) is 6.68. The molecule has 0 radical (unpaired) electrons. The van der Waals surface area contributed by atoms with Gasteiger partial charge in [0.05, 0.1) is 0 Å². The molecule has 15 heavy (non-hydrogen) atoms. The molecule has 1 aliphatic carbocycles. The minimum atomic E-state index is 0.819. The minimum absolute atomic E-state index is 0.819. The molecule has 1 rings (SSSR count). The zero-order valence-electron chi connectivity index (χ0n) is 11.1. The van der Waals surface area contributed by atoms with Crippen molar-refractivity contribution in [3.8, 4) is 0 Å². The topological polar surface area (TPSA) is 0 Å². The Labute approximate surface area is 96.2 Å². The zero-order valence-corrected chi connectivity index (χ0v) is 11.1. The van der Waals surface area contributed by atoms with Crippen LogP contribution in [0.25, 0.3) is 0 Å². The molecule has 0 bridgehead atoms. The quantitative estimate of drug-likeness (QED) is 0.567. The van der Waals surface area contributed by atoms with Crippen LogP contribution in [0.5, 0.6) is 0 Å². The lowest BCUT2D eigenvalue weighted by atomic mass is 9.72. The summed E-state index contributed by atoms with van der Waals surface area (Å²) in [7, 11) is 0. The van der Waals surface area contributed by atoms with E-state index in [1.165, 1.54) is 37.7 Å². The van der Waals surface area contributed by atoms with Gasteiger partial charge >= 0.3 is 0 Å². The summed E-state index contributed by atoms with van der Waals surface area (Å²) in [5.41, 5.74) is 1.53. The van der Waals surface area contributed by atoms with Crippen molar-refractivity contribution >= 4 is 0 Å². The number of hydrogen-bond acceptors (Lipinski definition) is 0. The summed E-state index contributed by atoms with van der Waals surface area (Å²) in [4.78, 5) is 0. The maximum atomic E-state index is 4.29. The van der Waals surface area contributed by atoms with Crippen molar-refractivity contribution in [2.45, 2.75) is 59.8 Å². The fourth-order valence-corrected chi connectivity index (χ4v) is 2.85. The number of rotatable bonds is 4. The Morgan fingerprint density at radius 1 is 1.20 bits per heavy atom. The van der Waals surface area contributed by atoms with Gasteiger partial charge in [-0.3, -0.25) is 0 Å². The monoisotopic (exact) mass is 208 g/mol. The normalized spacial score (nSPS) is 29.5. The van der Waals surface area contributed by atoms with Crippen LogP contribution in [0.3, 0.4) is 0 Å². The van der Waals surface area contributed by atoms with E-state index >= 15 is 0 Å². The van der Waals surface area contributed by atoms with E-state index in [9.17, 15) is 0 Å². The molecule has 0 heteroatoms. The fraction of sp³-hybridized carbons (Fsp3) is 0.867. The van der Waals surface area contributed by atoms with E-state index in [4.69, 9.17) is 0 Å². The molecule has 0 spiro atoms. The summed E-state index contributed by atoms with van der Waals surface area (Å²) in [5.74, 6) is 3.40. The maximum absolute atomic E-state index is 4.29. The molecular weight excluding hydrogens is 180 g/mol. The zero-order chi connectivity index (χ0) is 11.4. The van der Waals surface area contributed by atoms with Crippen LogP contribution in [-0.4, -0.2) is 0 Å². The average Bonchev–Trinajstić information content (AvgIpc) is 2.14. The third-order valence-corrected chi connectivity index (χ3v) is 3.99. The first kappa shape index (κ1) is 12.8. The van der Waals surface area contributed by atoms with Gasteiger partial charge in [0.15, 0.2) is 0 Å². The second-order valence-corrected chi connectivity index (χ2v) is 6.10. The van der Waals surface area contributed by atoms with Gasteiger partial charge in [0.25, 0.3) is 0 Å². The summed E-state index contributed by atoms with van der Waals surface area (Å²) in [6.45, 7) is 13.7. The Morgan fingerprint density at radius 2 is 1.87 bits per heavy atom. The van der Waals surface area contributed by atoms with Gasteiger partial charge in [-0.15, -0.1) is 0 Å². The largest absolute Gasteiger partial charge is 0.0996 e. The van der Waals surface area contributed by atoms with E-state index < -0.39 is 0 Å². The molecule has 1 aliphatic rings. The summed E-state index contributed by atoms with van der Waals surface area (Å²) in [6, 6.07) is 0. The molecule has 3 atom stereocenters. The Bertz CT molecular complexity index is 202. The van der Waals surface area contributed by atoms with Crippen molar-refractivity contribution in [1.29, 1.82) is 0 Å². The first-order valence-corrected chi connectivity index (χ1v) is 6.68. The lowest BCUT2D eigenvalue weighted by Gasteiger charge is -2.33. The SMILES string of the molecule is C=C1CC(C)CCC1C(C)CCC(C)C. The van der Waals surface area contributed by atoms with Gasteiger partial charge in [-0.05, 0) is 49.4 Å². The minimum Gasteiger partial charge on any atom is -0.0996 e. The highest BCUT2D eigenvalue weighted by Gasteiger charge is 2.25. The van der Waals surface area contributed by atoms with E-state index in [2.05, 4.69) is 34.3 Å². The van der Waals surface area contributed by atoms with E-state index in [-0.39, 0.29) is 0 Å². The lowest BCUT2D eigenvalue weighted by molar-refractivity contribution is 0.273. The third-order valence-electron chi connectivity index (χ3n) is 3.99. The molecule has 1 saturated carbocycles. The molecule has 88 valence electrons. The second-order valence-electron chi connectivity index (χ2n) is 6.10. The van der Waals surface area contributed by atoms with E-state index in [0.717, 1.165) is 23.7 Å². The standard InChI is InChI=1S/C15H28/c1-11(2)6-8-13(4)15-9-7-12(3)10-14(15)5/h11-13,15H,5-10H2,1-4H3. The van der Waals surface area contributed by atoms with Crippen LogP contribution in [-0.2, 0) is 0 Å². The summed E-state index contributed by atoms with van der Waals surface area (Å²) in [6.07, 6.45) is 6.84. The van der Waals surface area contributed by atoms with Crippen LogP contribution < -0.4 is 0 Å². The van der Waals surface area contributed by atoms with Crippen LogP contribution >= 0.6 is 0 Å². The highest BCUT2D eigenvalue weighted by molar-refractivity contribution is 5.06. The van der Waals surface area contributed by atoms with Crippen molar-refractivity contribution in [3.05, 3.63) is 12.2 Å². The van der Waals surface area contributed by atoms with E-state index in [1.54, 1.807) is 0 Å². The first-order chi connectivity index (χ1) is 7.00. The molecule has 0 nitrogen and oxygen atoms in total. The molecule has 3 unspecified atom stereocenters. The average molecular weight is 208 g/mol. The molecule has 1 fully saturated rings. The van der Waals surface area contributed by atoms with Crippen molar-refractivity contribution in [2.24, 2.45) is 23.7 Å². The second kappa shape index (κ2) is 5.72. The van der Waals surface area contributed by atoms with Crippen molar-refractivity contribution in [3.63, 3.8) is 0 Å². The van der Waals surface area contributed by atoms with Gasteiger partial charge < -0.3 is 0 Å². The predicted molar refractivity (Wildman–Crippen MR) is 68.9 cm³/mol. The third kappa shape index (κ3) is 4.01. The van der Waals surface area contributed by atoms with Gasteiger partial charge in [0.2, 0.25) is 0 Å². The summed E-state index contributed by atoms with van der Waals surface area (Å²) < 4.78 is 0. The Hall–Kier alpha value is -0.260. The highest BCUT2D eigenvalue weighted by Crippen LogP contribution is 2.38. The molecule has 0 aromatic carbocycles. The van der Waals surface area contributed by atoms with Crippen molar-refractivity contribution in [1.82, 2.24) is 0 Å². The van der Waals surface area contributed by atoms with Gasteiger partial charge in [0.1, 0.15) is 0 Å². The van der Waals surface area contributed by atoms with Crippen LogP contribution in [0.1, 0.15) is 59.8 Å². The van der Waals surface area contributed by atoms with Gasteiger partial charge in [-0.1, -0.05) is 46.3 Å². The number of hydrogen-bond donors (Lipinski definition) is 0. The fourth-order valence-electron chi connectivity index (χ4n) is 2.85. The molecule has 0 aliphatic heterocycles. The van der Waals surface area contributed by atoms with Crippen LogP contribution in [0.4, 0.5) is 0 Å². The van der Waals surface area contributed by atoms with Gasteiger partial charge in [0, 0.05) is 0 Å². The lowest BCUT2D eigenvalue weighted by Crippen LogP contribution is -2.21. The molecule has 0 aromatic heterocycles. The predicted octanol–water partition coefficient (Wildman–Crippen LogP) is 5.05. The summed E-state index contributed by atoms with van der Waals surface area (Å²) >= 11 is 0. The Morgan fingerprint density at radius 3 is 2.40 bits per heavy atom. The Kier molecular flexibility index (Phi) is 4.89. The van der Waals surface area contributed by atoms with Crippen molar-refractivity contribution in [2.75, 3.05) is 0 Å².